The number of carbonyl (C=O) groups is 3. The second kappa shape index (κ2) is 6.78. The Morgan fingerprint density at radius 3 is 2.62 bits per heavy atom. The van der Waals surface area contributed by atoms with Crippen LogP contribution in [0.1, 0.15) is 32.1 Å². The van der Waals surface area contributed by atoms with E-state index in [0.29, 0.717) is 25.8 Å². The van der Waals surface area contributed by atoms with Crippen LogP contribution in [0, 0.1) is 11.8 Å². The molecule has 2 amide bonds. The number of carbonyl (C=O) groups excluding carboxylic acids is 2. The topological polar surface area (TPSA) is 95.9 Å². The molecule has 2 rings (SSSR count). The Morgan fingerprint density at radius 1 is 1.19 bits per heavy atom. The average Bonchev–Trinajstić information content (AvgIpc) is 2.95. The molecule has 3 atom stereocenters. The molecule has 0 bridgehead atoms. The van der Waals surface area contributed by atoms with E-state index in [1.54, 1.807) is 4.90 Å². The molecule has 1 aliphatic carbocycles. The van der Waals surface area contributed by atoms with Gasteiger partial charge in [0.05, 0.1) is 18.9 Å². The zero-order valence-electron chi connectivity index (χ0n) is 12.2. The molecule has 2 N–H and O–H groups in total. The van der Waals surface area contributed by atoms with Gasteiger partial charge in [0.1, 0.15) is 0 Å². The molecule has 0 aromatic rings. The molecular formula is C14H22N2O5. The van der Waals surface area contributed by atoms with E-state index in [9.17, 15) is 14.4 Å². The SMILES string of the molecule is COC(=O)[C@H]1CC[C@@H](NC(=O)N2CCCC(C(=O)O)C2)C1. The van der Waals surface area contributed by atoms with E-state index in [0.717, 1.165) is 12.8 Å². The lowest BCUT2D eigenvalue weighted by Crippen LogP contribution is -2.49. The minimum absolute atomic E-state index is 0.0354. The second-order valence-corrected chi connectivity index (χ2v) is 5.80. The minimum Gasteiger partial charge on any atom is -0.481 e. The fourth-order valence-electron chi connectivity index (χ4n) is 3.12. The summed E-state index contributed by atoms with van der Waals surface area (Å²) in [5.74, 6) is -1.70. The molecule has 21 heavy (non-hydrogen) atoms. The van der Waals surface area contributed by atoms with Gasteiger partial charge in [0, 0.05) is 19.1 Å². The van der Waals surface area contributed by atoms with Crippen LogP contribution in [0.15, 0.2) is 0 Å². The monoisotopic (exact) mass is 298 g/mol. The zero-order chi connectivity index (χ0) is 15.4. The van der Waals surface area contributed by atoms with Crippen LogP contribution in [-0.4, -0.2) is 54.2 Å². The van der Waals surface area contributed by atoms with Gasteiger partial charge < -0.3 is 20.1 Å². The Hall–Kier alpha value is -1.79. The zero-order valence-corrected chi connectivity index (χ0v) is 12.2. The maximum Gasteiger partial charge on any atom is 0.317 e. The van der Waals surface area contributed by atoms with Crippen LogP contribution >= 0.6 is 0 Å². The Labute approximate surface area is 123 Å². The van der Waals surface area contributed by atoms with Gasteiger partial charge in [-0.1, -0.05) is 0 Å². The summed E-state index contributed by atoms with van der Waals surface area (Å²) in [6.45, 7) is 0.844. The third-order valence-electron chi connectivity index (χ3n) is 4.35. The summed E-state index contributed by atoms with van der Waals surface area (Å²) in [4.78, 5) is 36.2. The highest BCUT2D eigenvalue weighted by Gasteiger charge is 2.33. The number of nitrogens with zero attached hydrogens (tertiary/aromatic N) is 1. The first-order valence-corrected chi connectivity index (χ1v) is 7.37. The molecule has 1 unspecified atom stereocenters. The summed E-state index contributed by atoms with van der Waals surface area (Å²) >= 11 is 0. The first-order chi connectivity index (χ1) is 10.0. The molecule has 1 saturated heterocycles. The molecule has 118 valence electrons. The molecule has 7 heteroatoms. The number of nitrogens with one attached hydrogen (secondary N) is 1. The van der Waals surface area contributed by atoms with Crippen molar-refractivity contribution >= 4 is 18.0 Å². The van der Waals surface area contributed by atoms with Crippen LogP contribution in [0.3, 0.4) is 0 Å². The largest absolute Gasteiger partial charge is 0.481 e. The van der Waals surface area contributed by atoms with Gasteiger partial charge in [-0.15, -0.1) is 0 Å². The Bertz CT molecular complexity index is 426. The lowest BCUT2D eigenvalue weighted by Gasteiger charge is -2.31. The van der Waals surface area contributed by atoms with Gasteiger partial charge in [-0.3, -0.25) is 9.59 Å². The first kappa shape index (κ1) is 15.6. The summed E-state index contributed by atoms with van der Waals surface area (Å²) in [5, 5.41) is 11.9. The summed E-state index contributed by atoms with van der Waals surface area (Å²) in [5.41, 5.74) is 0. The van der Waals surface area contributed by atoms with Crippen molar-refractivity contribution in [1.29, 1.82) is 0 Å². The molecule has 1 saturated carbocycles. The fraction of sp³-hybridized carbons (Fsp3) is 0.786. The minimum atomic E-state index is -0.848. The molecule has 1 aliphatic heterocycles. The maximum atomic E-state index is 12.2. The van der Waals surface area contributed by atoms with Crippen molar-refractivity contribution in [1.82, 2.24) is 10.2 Å². The number of piperidine rings is 1. The van der Waals surface area contributed by atoms with Crippen molar-refractivity contribution < 1.29 is 24.2 Å². The molecule has 1 heterocycles. The molecule has 0 aromatic heterocycles. The molecule has 0 radical (unpaired) electrons. The van der Waals surface area contributed by atoms with E-state index in [4.69, 9.17) is 9.84 Å². The first-order valence-electron chi connectivity index (χ1n) is 7.37. The van der Waals surface area contributed by atoms with Gasteiger partial charge in [-0.05, 0) is 32.1 Å². The van der Waals surface area contributed by atoms with E-state index in [2.05, 4.69) is 5.32 Å². The van der Waals surface area contributed by atoms with E-state index in [1.165, 1.54) is 7.11 Å². The van der Waals surface area contributed by atoms with Gasteiger partial charge in [0.15, 0.2) is 0 Å². The number of rotatable bonds is 3. The lowest BCUT2D eigenvalue weighted by molar-refractivity contribution is -0.145. The average molecular weight is 298 g/mol. The van der Waals surface area contributed by atoms with Crippen LogP contribution in [0.5, 0.6) is 0 Å². The Kier molecular flexibility index (Phi) is 5.03. The van der Waals surface area contributed by atoms with Crippen LogP contribution in [-0.2, 0) is 14.3 Å². The molecule has 2 fully saturated rings. The predicted molar refractivity (Wildman–Crippen MR) is 73.6 cm³/mol. The van der Waals surface area contributed by atoms with Crippen molar-refractivity contribution in [3.63, 3.8) is 0 Å². The van der Waals surface area contributed by atoms with Crippen LogP contribution in [0.4, 0.5) is 4.79 Å². The summed E-state index contributed by atoms with van der Waals surface area (Å²) in [6, 6.07) is -0.261. The number of carboxylic acids is 1. The number of hydrogen-bond acceptors (Lipinski definition) is 4. The fourth-order valence-corrected chi connectivity index (χ4v) is 3.12. The van der Waals surface area contributed by atoms with Gasteiger partial charge in [-0.2, -0.15) is 0 Å². The smallest absolute Gasteiger partial charge is 0.317 e. The molecule has 7 nitrogen and oxygen atoms in total. The molecular weight excluding hydrogens is 276 g/mol. The van der Waals surface area contributed by atoms with E-state index < -0.39 is 11.9 Å². The highest BCUT2D eigenvalue weighted by molar-refractivity contribution is 5.77. The third kappa shape index (κ3) is 3.86. The van der Waals surface area contributed by atoms with Crippen LogP contribution < -0.4 is 5.32 Å². The number of likely N-dealkylation sites (tertiary alicyclic amines) is 1. The number of amides is 2. The van der Waals surface area contributed by atoms with Crippen molar-refractivity contribution in [2.75, 3.05) is 20.2 Å². The molecule has 0 aromatic carbocycles. The highest BCUT2D eigenvalue weighted by Crippen LogP contribution is 2.27. The number of hydrogen-bond donors (Lipinski definition) is 2. The van der Waals surface area contributed by atoms with Gasteiger partial charge >= 0.3 is 18.0 Å². The predicted octanol–water partition coefficient (Wildman–Crippen LogP) is 0.834. The molecule has 2 aliphatic rings. The number of aliphatic carboxylic acids is 1. The number of carboxylic acid groups (broad SMARTS) is 1. The van der Waals surface area contributed by atoms with Crippen molar-refractivity contribution in [2.24, 2.45) is 11.8 Å². The number of urea groups is 1. The number of methoxy groups -OCH3 is 1. The van der Waals surface area contributed by atoms with Crippen molar-refractivity contribution in [3.05, 3.63) is 0 Å². The number of esters is 1. The lowest BCUT2D eigenvalue weighted by atomic mass is 9.99. The van der Waals surface area contributed by atoms with E-state index in [1.807, 2.05) is 0 Å². The standard InChI is InChI=1S/C14H22N2O5/c1-21-13(19)9-4-5-11(7-9)15-14(20)16-6-2-3-10(8-16)12(17)18/h9-11H,2-8H2,1H3,(H,15,20)(H,17,18)/t9-,10?,11+/m0/s1. The van der Waals surface area contributed by atoms with Crippen molar-refractivity contribution in [2.45, 2.75) is 38.1 Å². The second-order valence-electron chi connectivity index (χ2n) is 5.80. The normalized spacial score (nSPS) is 29.0. The highest BCUT2D eigenvalue weighted by atomic mass is 16.5. The quantitative estimate of drug-likeness (QED) is 0.753. The van der Waals surface area contributed by atoms with E-state index >= 15 is 0 Å². The Balaban J connectivity index is 1.82. The van der Waals surface area contributed by atoms with Crippen molar-refractivity contribution in [3.8, 4) is 0 Å². The summed E-state index contributed by atoms with van der Waals surface area (Å²) < 4.78 is 4.72. The Morgan fingerprint density at radius 2 is 1.95 bits per heavy atom. The summed E-state index contributed by atoms with van der Waals surface area (Å²) in [6.07, 6.45) is 3.39. The van der Waals surface area contributed by atoms with Gasteiger partial charge in [-0.25, -0.2) is 4.79 Å². The summed E-state index contributed by atoms with van der Waals surface area (Å²) in [7, 11) is 1.37. The van der Waals surface area contributed by atoms with E-state index in [-0.39, 0.29) is 30.5 Å². The van der Waals surface area contributed by atoms with Crippen LogP contribution in [0.25, 0.3) is 0 Å². The van der Waals surface area contributed by atoms with Crippen LogP contribution in [0.2, 0.25) is 0 Å². The third-order valence-corrected chi connectivity index (χ3v) is 4.35. The maximum absolute atomic E-state index is 12.2. The molecule has 0 spiro atoms. The number of ether oxygens (including phenoxy) is 1. The van der Waals surface area contributed by atoms with Gasteiger partial charge in [0.25, 0.3) is 0 Å². The van der Waals surface area contributed by atoms with Gasteiger partial charge in [0.2, 0.25) is 0 Å².